The zero-order valence-corrected chi connectivity index (χ0v) is 31.6. The number of carbonyl (C=O) groups excluding carboxylic acids is 3. The molecule has 1 saturated heterocycles. The van der Waals surface area contributed by atoms with Crippen molar-refractivity contribution in [3.05, 3.63) is 67.3 Å². The summed E-state index contributed by atoms with van der Waals surface area (Å²) in [7, 11) is -1.50. The van der Waals surface area contributed by atoms with Crippen molar-refractivity contribution in [2.45, 2.75) is 77.4 Å². The molecule has 13 nitrogen and oxygen atoms in total. The highest BCUT2D eigenvalue weighted by atomic mass is 28.3. The second-order valence-corrected chi connectivity index (χ2v) is 20.1. The Labute approximate surface area is 304 Å². The van der Waals surface area contributed by atoms with Gasteiger partial charge in [-0.25, -0.2) is 4.79 Å². The number of aromatic nitrogens is 5. The van der Waals surface area contributed by atoms with Crippen LogP contribution in [0.5, 0.6) is 11.9 Å². The molecule has 0 unspecified atom stereocenters. The fourth-order valence-electron chi connectivity index (χ4n) is 5.88. The number of nitrogens with zero attached hydrogens (tertiary/aromatic N) is 6. The molecule has 276 valence electrons. The third-order valence-corrected chi connectivity index (χ3v) is 10.6. The Morgan fingerprint density at radius 2 is 1.81 bits per heavy atom. The topological polar surface area (TPSA) is 148 Å². The second kappa shape index (κ2) is 16.9. The van der Waals surface area contributed by atoms with Gasteiger partial charge in [-0.3, -0.25) is 9.59 Å². The summed E-state index contributed by atoms with van der Waals surface area (Å²) in [5.41, 5.74) is 2.61. The molecule has 2 aromatic carbocycles. The van der Waals surface area contributed by atoms with Crippen LogP contribution in [0.3, 0.4) is 0 Å². The Hall–Kier alpha value is -5.11. The molecule has 3 atom stereocenters. The first-order valence-electron chi connectivity index (χ1n) is 17.7. The number of unbranched alkanes of at least 4 members (excludes halogenated alkanes) is 1. The van der Waals surface area contributed by atoms with Crippen LogP contribution in [0.2, 0.25) is 25.7 Å². The van der Waals surface area contributed by atoms with Gasteiger partial charge in [-0.2, -0.15) is 9.97 Å². The van der Waals surface area contributed by atoms with Gasteiger partial charge >= 0.3 is 17.9 Å². The lowest BCUT2D eigenvalue weighted by molar-refractivity contribution is -0.156. The molecule has 0 bridgehead atoms. The summed E-state index contributed by atoms with van der Waals surface area (Å²) in [5, 5.41) is 8.81. The Morgan fingerprint density at radius 3 is 2.54 bits per heavy atom. The Balaban J connectivity index is 1.43. The number of hydrogen-bond donors (Lipinski definition) is 0. The SMILES string of the molecule is C=CCCCOC(=O)C[C@H](C(=O)N1C[C@H](Oc2nc(On3nnc4ccccc43)nc3ccc(C=C)cc23)C[C@H]1C(=O)OCC[Si](C)(C)C)C(C)C. The van der Waals surface area contributed by atoms with Crippen LogP contribution in [0.1, 0.15) is 45.1 Å². The first-order chi connectivity index (χ1) is 24.9. The van der Waals surface area contributed by atoms with Gasteiger partial charge in [0.05, 0.1) is 43.0 Å². The number of likely N-dealkylation sites (tertiary alicyclic amines) is 1. The molecule has 1 fully saturated rings. The smallest absolute Gasteiger partial charge is 0.349 e. The van der Waals surface area contributed by atoms with Crippen molar-refractivity contribution in [2.75, 3.05) is 19.8 Å². The van der Waals surface area contributed by atoms with E-state index in [4.69, 9.17) is 19.0 Å². The quantitative estimate of drug-likeness (QED) is 0.0525. The molecule has 1 aliphatic rings. The predicted molar refractivity (Wildman–Crippen MR) is 200 cm³/mol. The van der Waals surface area contributed by atoms with E-state index < -0.39 is 38.1 Å². The monoisotopic (exact) mass is 728 g/mol. The number of benzene rings is 2. The number of rotatable bonds is 17. The number of amides is 1. The third kappa shape index (κ3) is 9.60. The molecule has 3 heterocycles. The highest BCUT2D eigenvalue weighted by molar-refractivity contribution is 6.76. The van der Waals surface area contributed by atoms with Gasteiger partial charge in [-0.1, -0.05) is 75.3 Å². The molecule has 1 amide bonds. The number of para-hydroxylation sites is 1. The van der Waals surface area contributed by atoms with E-state index >= 15 is 0 Å². The Morgan fingerprint density at radius 1 is 1.02 bits per heavy atom. The van der Waals surface area contributed by atoms with E-state index in [1.807, 2.05) is 50.2 Å². The van der Waals surface area contributed by atoms with Crippen LogP contribution in [0.25, 0.3) is 28.0 Å². The number of esters is 2. The molecule has 0 aliphatic carbocycles. The normalized spacial score (nSPS) is 16.5. The molecule has 14 heteroatoms. The minimum atomic E-state index is -1.50. The average Bonchev–Trinajstić information content (AvgIpc) is 3.72. The van der Waals surface area contributed by atoms with Gasteiger partial charge in [-0.05, 0) is 59.8 Å². The van der Waals surface area contributed by atoms with Crippen molar-refractivity contribution >= 4 is 53.9 Å². The minimum absolute atomic E-state index is 0.0378. The standard InChI is InChI=1S/C38H48N6O7Si/c1-8-10-13-18-48-34(45)23-28(25(3)4)36(46)43-24-27(22-33(43)37(47)49-19-20-52(5,6)7)50-35-29-21-26(9-2)16-17-30(29)39-38(40-35)51-44-32-15-12-11-14-31(32)41-42-44/h8-9,11-12,14-17,21,25,27-28,33H,1-2,10,13,18-20,22-24H2,3-7H3/t27-,28+,33+/m1/s1. The third-order valence-electron chi connectivity index (χ3n) is 8.91. The first-order valence-corrected chi connectivity index (χ1v) is 21.4. The van der Waals surface area contributed by atoms with Crippen LogP contribution < -0.4 is 9.57 Å². The van der Waals surface area contributed by atoms with Crippen molar-refractivity contribution < 1.29 is 33.4 Å². The average molecular weight is 729 g/mol. The Kier molecular flexibility index (Phi) is 12.4. The molecular formula is C38H48N6O7Si. The molecule has 4 aromatic rings. The molecule has 0 spiro atoms. The van der Waals surface area contributed by atoms with E-state index in [1.54, 1.807) is 18.2 Å². The van der Waals surface area contributed by atoms with Crippen LogP contribution in [0, 0.1) is 11.8 Å². The molecule has 1 aliphatic heterocycles. The highest BCUT2D eigenvalue weighted by Crippen LogP contribution is 2.32. The van der Waals surface area contributed by atoms with Crippen molar-refractivity contribution in [1.29, 1.82) is 0 Å². The van der Waals surface area contributed by atoms with Crippen molar-refractivity contribution in [2.24, 2.45) is 11.8 Å². The number of ether oxygens (including phenoxy) is 3. The van der Waals surface area contributed by atoms with Crippen LogP contribution in [-0.4, -0.2) is 87.8 Å². The molecule has 52 heavy (non-hydrogen) atoms. The van der Waals surface area contributed by atoms with Crippen LogP contribution >= 0.6 is 0 Å². The largest absolute Gasteiger partial charge is 0.472 e. The van der Waals surface area contributed by atoms with Gasteiger partial charge in [0.1, 0.15) is 23.2 Å². The van der Waals surface area contributed by atoms with E-state index in [2.05, 4.69) is 53.1 Å². The predicted octanol–water partition coefficient (Wildman–Crippen LogP) is 6.26. The summed E-state index contributed by atoms with van der Waals surface area (Å²) in [6.07, 6.45) is 4.24. The number of fused-ring (bicyclic) bond motifs is 2. The van der Waals surface area contributed by atoms with Gasteiger partial charge in [-0.15, -0.1) is 11.7 Å². The highest BCUT2D eigenvalue weighted by Gasteiger charge is 2.45. The number of carbonyl (C=O) groups is 3. The zero-order chi connectivity index (χ0) is 37.4. The van der Waals surface area contributed by atoms with E-state index in [0.717, 1.165) is 18.0 Å². The van der Waals surface area contributed by atoms with Gasteiger partial charge < -0.3 is 23.9 Å². The lowest BCUT2D eigenvalue weighted by Crippen LogP contribution is -2.46. The summed E-state index contributed by atoms with van der Waals surface area (Å²) in [6, 6.07) is 12.7. The van der Waals surface area contributed by atoms with Crippen LogP contribution in [0.15, 0.2) is 61.7 Å². The summed E-state index contributed by atoms with van der Waals surface area (Å²) in [4.78, 5) is 58.6. The summed E-state index contributed by atoms with van der Waals surface area (Å²) in [6.45, 7) is 18.5. The zero-order valence-electron chi connectivity index (χ0n) is 30.6. The van der Waals surface area contributed by atoms with E-state index in [-0.39, 0.29) is 56.3 Å². The van der Waals surface area contributed by atoms with Gasteiger partial charge in [0.25, 0.3) is 0 Å². The summed E-state index contributed by atoms with van der Waals surface area (Å²) < 4.78 is 17.7. The lowest BCUT2D eigenvalue weighted by Gasteiger charge is -2.29. The van der Waals surface area contributed by atoms with Crippen molar-refractivity contribution in [1.82, 2.24) is 30.0 Å². The fourth-order valence-corrected chi connectivity index (χ4v) is 6.60. The van der Waals surface area contributed by atoms with Gasteiger partial charge in [0.2, 0.25) is 11.8 Å². The van der Waals surface area contributed by atoms with E-state index in [0.29, 0.717) is 28.4 Å². The molecule has 0 N–H and O–H groups in total. The van der Waals surface area contributed by atoms with Crippen LogP contribution in [0.4, 0.5) is 0 Å². The number of allylic oxidation sites excluding steroid dienone is 1. The van der Waals surface area contributed by atoms with E-state index in [1.165, 1.54) is 9.75 Å². The minimum Gasteiger partial charge on any atom is -0.472 e. The summed E-state index contributed by atoms with van der Waals surface area (Å²) in [5.74, 6) is -2.02. The second-order valence-electron chi connectivity index (χ2n) is 14.5. The molecule has 2 aromatic heterocycles. The Bertz CT molecular complexity index is 1920. The van der Waals surface area contributed by atoms with Crippen LogP contribution in [-0.2, 0) is 23.9 Å². The summed E-state index contributed by atoms with van der Waals surface area (Å²) >= 11 is 0. The number of hydrogen-bond acceptors (Lipinski definition) is 11. The molecular weight excluding hydrogens is 681 g/mol. The molecule has 0 saturated carbocycles. The maximum Gasteiger partial charge on any atom is 0.349 e. The maximum absolute atomic E-state index is 14.3. The van der Waals surface area contributed by atoms with Gasteiger partial charge in [0.15, 0.2) is 0 Å². The fraction of sp³-hybridized carbons (Fsp3) is 0.447. The first kappa shape index (κ1) is 38.1. The van der Waals surface area contributed by atoms with Crippen molar-refractivity contribution in [3.8, 4) is 11.9 Å². The van der Waals surface area contributed by atoms with Gasteiger partial charge in [0, 0.05) is 14.5 Å². The maximum atomic E-state index is 14.3. The van der Waals surface area contributed by atoms with E-state index in [9.17, 15) is 14.4 Å². The van der Waals surface area contributed by atoms with Crippen molar-refractivity contribution in [3.63, 3.8) is 0 Å². The molecule has 5 rings (SSSR count). The lowest BCUT2D eigenvalue weighted by atomic mass is 9.91. The molecule has 0 radical (unpaired) electrons.